The molecular formula is C14H15F4N3. The predicted molar refractivity (Wildman–Crippen MR) is 70.9 cm³/mol. The predicted octanol–water partition coefficient (Wildman–Crippen LogP) is 3.42. The van der Waals surface area contributed by atoms with Crippen LogP contribution in [0.3, 0.4) is 0 Å². The Balaban J connectivity index is 2.33. The monoisotopic (exact) mass is 301 g/mol. The molecule has 0 fully saturated rings. The van der Waals surface area contributed by atoms with Gasteiger partial charge in [-0.3, -0.25) is 0 Å². The summed E-state index contributed by atoms with van der Waals surface area (Å²) in [5.74, 6) is -4.17. The van der Waals surface area contributed by atoms with Gasteiger partial charge in [0.25, 0.3) is 0 Å². The molecule has 114 valence electrons. The zero-order chi connectivity index (χ0) is 15.5. The number of para-hydroxylation sites is 1. The van der Waals surface area contributed by atoms with Crippen molar-refractivity contribution in [1.29, 1.82) is 0 Å². The zero-order valence-corrected chi connectivity index (χ0v) is 11.3. The van der Waals surface area contributed by atoms with Crippen LogP contribution in [-0.2, 0) is 0 Å². The molecule has 1 aromatic carbocycles. The van der Waals surface area contributed by atoms with Crippen LogP contribution < -0.4 is 5.32 Å². The van der Waals surface area contributed by atoms with Crippen molar-refractivity contribution in [2.24, 2.45) is 0 Å². The van der Waals surface area contributed by atoms with Crippen LogP contribution in [0.5, 0.6) is 0 Å². The number of alkyl halides is 4. The molecule has 7 heteroatoms. The fourth-order valence-electron chi connectivity index (χ4n) is 2.01. The fraction of sp³-hybridized carbons (Fsp3) is 0.357. The Morgan fingerprint density at radius 1 is 1.24 bits per heavy atom. The van der Waals surface area contributed by atoms with Gasteiger partial charge in [-0.2, -0.15) is 13.9 Å². The summed E-state index contributed by atoms with van der Waals surface area (Å²) in [7, 11) is 0. The topological polar surface area (TPSA) is 29.9 Å². The number of hydrogen-bond acceptors (Lipinski definition) is 2. The van der Waals surface area contributed by atoms with Crippen LogP contribution in [0.2, 0.25) is 0 Å². The fourth-order valence-corrected chi connectivity index (χ4v) is 2.01. The highest BCUT2D eigenvalue weighted by molar-refractivity contribution is 5.31. The lowest BCUT2D eigenvalue weighted by Gasteiger charge is -2.25. The number of benzene rings is 1. The van der Waals surface area contributed by atoms with Crippen LogP contribution in [0, 0.1) is 0 Å². The second-order valence-corrected chi connectivity index (χ2v) is 4.52. The Hall–Kier alpha value is -1.89. The molecule has 0 radical (unpaired) electrons. The lowest BCUT2D eigenvalue weighted by Crippen LogP contribution is -2.42. The summed E-state index contributed by atoms with van der Waals surface area (Å²) < 4.78 is 53.8. The van der Waals surface area contributed by atoms with Crippen LogP contribution >= 0.6 is 0 Å². The summed E-state index contributed by atoms with van der Waals surface area (Å²) >= 11 is 0. The molecule has 0 aliphatic heterocycles. The number of nitrogens with zero attached hydrogens (tertiary/aromatic N) is 2. The summed E-state index contributed by atoms with van der Waals surface area (Å²) in [4.78, 5) is 0. The first-order valence-corrected chi connectivity index (χ1v) is 6.46. The van der Waals surface area contributed by atoms with E-state index < -0.39 is 18.4 Å². The molecule has 2 rings (SSSR count). The summed E-state index contributed by atoms with van der Waals surface area (Å²) in [6, 6.07) is 7.05. The van der Waals surface area contributed by atoms with Gasteiger partial charge >= 0.3 is 12.3 Å². The largest absolute Gasteiger partial charge is 0.326 e. The molecule has 0 saturated heterocycles. The van der Waals surface area contributed by atoms with Crippen LogP contribution in [0.15, 0.2) is 42.7 Å². The van der Waals surface area contributed by atoms with Crippen LogP contribution in [0.25, 0.3) is 5.69 Å². The molecule has 0 aliphatic rings. The highest BCUT2D eigenvalue weighted by Gasteiger charge is 2.49. The van der Waals surface area contributed by atoms with E-state index in [0.717, 1.165) is 0 Å². The molecule has 1 atom stereocenters. The Bertz CT molecular complexity index is 569. The SMILES string of the molecule is CCNC(c1cnn(-c2ccccc2)c1)C(F)(F)C(F)F. The number of rotatable bonds is 6. The van der Waals surface area contributed by atoms with E-state index in [1.807, 2.05) is 0 Å². The van der Waals surface area contributed by atoms with Crippen molar-refractivity contribution in [3.05, 3.63) is 48.3 Å². The molecule has 1 heterocycles. The maximum absolute atomic E-state index is 13.6. The zero-order valence-electron chi connectivity index (χ0n) is 11.3. The van der Waals surface area contributed by atoms with E-state index in [-0.39, 0.29) is 12.1 Å². The van der Waals surface area contributed by atoms with E-state index in [1.54, 1.807) is 37.3 Å². The quantitative estimate of drug-likeness (QED) is 0.829. The molecule has 0 amide bonds. The molecule has 1 N–H and O–H groups in total. The van der Waals surface area contributed by atoms with Gasteiger partial charge in [0.2, 0.25) is 0 Å². The summed E-state index contributed by atoms with van der Waals surface area (Å²) in [6.07, 6.45) is -1.24. The summed E-state index contributed by atoms with van der Waals surface area (Å²) in [6.45, 7) is 1.72. The van der Waals surface area contributed by atoms with Crippen molar-refractivity contribution >= 4 is 0 Å². The van der Waals surface area contributed by atoms with Gasteiger partial charge < -0.3 is 5.32 Å². The minimum atomic E-state index is -4.17. The van der Waals surface area contributed by atoms with Gasteiger partial charge in [-0.25, -0.2) is 13.5 Å². The van der Waals surface area contributed by atoms with Gasteiger partial charge in [0, 0.05) is 11.8 Å². The summed E-state index contributed by atoms with van der Waals surface area (Å²) in [5, 5.41) is 6.36. The lowest BCUT2D eigenvalue weighted by molar-refractivity contribution is -0.151. The number of aromatic nitrogens is 2. The lowest BCUT2D eigenvalue weighted by atomic mass is 10.0. The summed E-state index contributed by atoms with van der Waals surface area (Å²) in [5.41, 5.74) is 0.686. The van der Waals surface area contributed by atoms with Crippen molar-refractivity contribution in [1.82, 2.24) is 15.1 Å². The molecular weight excluding hydrogens is 286 g/mol. The van der Waals surface area contributed by atoms with Gasteiger partial charge in [-0.05, 0) is 18.7 Å². The third kappa shape index (κ3) is 3.24. The van der Waals surface area contributed by atoms with Crippen LogP contribution in [0.4, 0.5) is 17.6 Å². The Labute approximate surface area is 119 Å². The number of nitrogens with one attached hydrogen (secondary N) is 1. The molecule has 3 nitrogen and oxygen atoms in total. The first kappa shape index (κ1) is 15.5. The van der Waals surface area contributed by atoms with E-state index in [1.165, 1.54) is 17.1 Å². The van der Waals surface area contributed by atoms with E-state index in [9.17, 15) is 17.6 Å². The second kappa shape index (κ2) is 6.26. The maximum atomic E-state index is 13.6. The van der Waals surface area contributed by atoms with E-state index >= 15 is 0 Å². The van der Waals surface area contributed by atoms with Crippen LogP contribution in [0.1, 0.15) is 18.5 Å². The van der Waals surface area contributed by atoms with E-state index in [4.69, 9.17) is 0 Å². The molecule has 1 aromatic heterocycles. The molecule has 0 aliphatic carbocycles. The van der Waals surface area contributed by atoms with Gasteiger partial charge in [-0.1, -0.05) is 25.1 Å². The Kier molecular flexibility index (Phi) is 4.62. The third-order valence-electron chi connectivity index (χ3n) is 3.04. The number of halogens is 4. The molecule has 0 spiro atoms. The molecule has 2 aromatic rings. The highest BCUT2D eigenvalue weighted by Crippen LogP contribution is 2.36. The average Bonchev–Trinajstić information content (AvgIpc) is 2.94. The molecule has 21 heavy (non-hydrogen) atoms. The third-order valence-corrected chi connectivity index (χ3v) is 3.04. The van der Waals surface area contributed by atoms with Crippen molar-refractivity contribution in [2.75, 3.05) is 6.54 Å². The first-order valence-electron chi connectivity index (χ1n) is 6.46. The molecule has 1 unspecified atom stereocenters. The number of hydrogen-bond donors (Lipinski definition) is 1. The van der Waals surface area contributed by atoms with Crippen LogP contribution in [-0.4, -0.2) is 28.7 Å². The smallest absolute Gasteiger partial charge is 0.305 e. The first-order chi connectivity index (χ1) is 9.96. The van der Waals surface area contributed by atoms with Gasteiger partial charge in [-0.15, -0.1) is 0 Å². The minimum absolute atomic E-state index is 0.0194. The Morgan fingerprint density at radius 3 is 2.48 bits per heavy atom. The highest BCUT2D eigenvalue weighted by atomic mass is 19.3. The standard InChI is InChI=1S/C14H15F4N3/c1-2-19-12(14(17,18)13(15)16)10-8-20-21(9-10)11-6-4-3-5-7-11/h3-9,12-13,19H,2H2,1H3. The van der Waals surface area contributed by atoms with Gasteiger partial charge in [0.05, 0.1) is 11.9 Å². The van der Waals surface area contributed by atoms with Crippen molar-refractivity contribution in [3.8, 4) is 5.69 Å². The van der Waals surface area contributed by atoms with Crippen molar-refractivity contribution < 1.29 is 17.6 Å². The Morgan fingerprint density at radius 2 is 1.90 bits per heavy atom. The van der Waals surface area contributed by atoms with E-state index in [2.05, 4.69) is 10.4 Å². The van der Waals surface area contributed by atoms with E-state index in [0.29, 0.717) is 5.69 Å². The molecule has 0 saturated carbocycles. The van der Waals surface area contributed by atoms with Crippen molar-refractivity contribution in [2.45, 2.75) is 25.3 Å². The minimum Gasteiger partial charge on any atom is -0.305 e. The molecule has 0 bridgehead atoms. The van der Waals surface area contributed by atoms with Crippen molar-refractivity contribution in [3.63, 3.8) is 0 Å². The van der Waals surface area contributed by atoms with Gasteiger partial charge in [0.15, 0.2) is 0 Å². The second-order valence-electron chi connectivity index (χ2n) is 4.52. The maximum Gasteiger partial charge on any atom is 0.326 e. The normalized spacial score (nSPS) is 13.6. The average molecular weight is 301 g/mol. The van der Waals surface area contributed by atoms with Gasteiger partial charge in [0.1, 0.15) is 6.04 Å².